The minimum atomic E-state index is -3.55. The summed E-state index contributed by atoms with van der Waals surface area (Å²) in [5.74, 6) is 1.42. The zero-order valence-electron chi connectivity index (χ0n) is 19.3. The number of ether oxygens (including phenoxy) is 2. The highest BCUT2D eigenvalue weighted by atomic mass is 32.2. The average molecular weight is 480 g/mol. The lowest BCUT2D eigenvalue weighted by molar-refractivity contribution is 0.0794. The molecule has 178 valence electrons. The smallest absolute Gasteiger partial charge is 0.243 e. The molecule has 0 saturated carbocycles. The molecule has 0 aliphatic carbocycles. The maximum absolute atomic E-state index is 13.0. The van der Waals surface area contributed by atoms with E-state index in [-0.39, 0.29) is 6.54 Å². The monoisotopic (exact) mass is 479 g/mol. The van der Waals surface area contributed by atoms with Crippen LogP contribution in [-0.2, 0) is 15.6 Å². The summed E-state index contributed by atoms with van der Waals surface area (Å²) in [5.41, 5.74) is 1.19. The van der Waals surface area contributed by atoms with E-state index < -0.39 is 15.6 Å². The van der Waals surface area contributed by atoms with Crippen LogP contribution >= 0.6 is 0 Å². The van der Waals surface area contributed by atoms with E-state index in [0.717, 1.165) is 16.7 Å². The number of methoxy groups -OCH3 is 2. The van der Waals surface area contributed by atoms with Crippen LogP contribution in [0.25, 0.3) is 0 Å². The van der Waals surface area contributed by atoms with Crippen LogP contribution in [0.15, 0.2) is 95.4 Å². The summed E-state index contributed by atoms with van der Waals surface area (Å²) in [4.78, 5) is 0.292. The second-order valence-electron chi connectivity index (χ2n) is 8.28. The third-order valence-electron chi connectivity index (χ3n) is 6.26. The van der Waals surface area contributed by atoms with Crippen molar-refractivity contribution in [1.29, 1.82) is 0 Å². The number of sulfonamides is 1. The van der Waals surface area contributed by atoms with Crippen molar-refractivity contribution in [3.05, 3.63) is 102 Å². The van der Waals surface area contributed by atoms with E-state index >= 15 is 0 Å². The van der Waals surface area contributed by atoms with Crippen molar-refractivity contribution in [2.45, 2.75) is 23.3 Å². The predicted octanol–water partition coefficient (Wildman–Crippen LogP) is 4.35. The lowest BCUT2D eigenvalue weighted by Crippen LogP contribution is -2.36. The minimum absolute atomic E-state index is 0.272. The fraction of sp³-hybridized carbons (Fsp3) is 0.259. The van der Waals surface area contributed by atoms with Crippen LogP contribution in [0.5, 0.6) is 11.5 Å². The molecule has 34 heavy (non-hydrogen) atoms. The van der Waals surface area contributed by atoms with Gasteiger partial charge in [0, 0.05) is 19.5 Å². The van der Waals surface area contributed by atoms with Gasteiger partial charge in [-0.05, 0) is 53.9 Å². The molecule has 1 aliphatic heterocycles. The van der Waals surface area contributed by atoms with E-state index in [4.69, 9.17) is 9.47 Å². The Hall–Kier alpha value is -3.13. The first-order valence-corrected chi connectivity index (χ1v) is 12.6. The molecule has 0 amide bonds. The molecule has 7 heteroatoms. The van der Waals surface area contributed by atoms with Crippen LogP contribution in [-0.4, -0.2) is 45.1 Å². The van der Waals surface area contributed by atoms with Gasteiger partial charge in [-0.25, -0.2) is 8.42 Å². The molecule has 0 spiro atoms. The normalized spacial score (nSPS) is 15.0. The van der Waals surface area contributed by atoms with Crippen molar-refractivity contribution in [2.24, 2.45) is 0 Å². The molecule has 1 N–H and O–H groups in total. The third kappa shape index (κ3) is 4.87. The van der Waals surface area contributed by atoms with Gasteiger partial charge in [0.2, 0.25) is 10.0 Å². The molecular weight excluding hydrogens is 450 g/mol. The first kappa shape index (κ1) is 24.0. The zero-order valence-corrected chi connectivity index (χ0v) is 20.2. The van der Waals surface area contributed by atoms with Gasteiger partial charge in [0.15, 0.2) is 0 Å². The van der Waals surface area contributed by atoms with Crippen molar-refractivity contribution in [1.82, 2.24) is 4.31 Å². The van der Waals surface area contributed by atoms with Crippen molar-refractivity contribution in [3.8, 4) is 11.5 Å². The Morgan fingerprint density at radius 2 is 1.38 bits per heavy atom. The summed E-state index contributed by atoms with van der Waals surface area (Å²) in [6.07, 6.45) is 2.81. The Bertz CT molecular complexity index is 1190. The Morgan fingerprint density at radius 1 is 0.853 bits per heavy atom. The third-order valence-corrected chi connectivity index (χ3v) is 8.14. The van der Waals surface area contributed by atoms with Gasteiger partial charge in [0.05, 0.1) is 19.1 Å². The van der Waals surface area contributed by atoms with Crippen molar-refractivity contribution in [2.75, 3.05) is 27.3 Å². The minimum Gasteiger partial charge on any atom is -0.497 e. The number of benzene rings is 3. The lowest BCUT2D eigenvalue weighted by atomic mass is 9.80. The van der Waals surface area contributed by atoms with Gasteiger partial charge in [0.25, 0.3) is 0 Å². The molecule has 0 atom stereocenters. The molecular formula is C27H29NO5S. The van der Waals surface area contributed by atoms with E-state index in [1.54, 1.807) is 44.6 Å². The summed E-state index contributed by atoms with van der Waals surface area (Å²) in [6, 6.07) is 23.2. The summed E-state index contributed by atoms with van der Waals surface area (Å²) in [5, 5.41) is 12.0. The van der Waals surface area contributed by atoms with Crippen molar-refractivity contribution < 1.29 is 23.0 Å². The Labute approximate surface area is 201 Å². The molecule has 1 heterocycles. The maximum Gasteiger partial charge on any atom is 0.243 e. The Kier molecular flexibility index (Phi) is 7.07. The fourth-order valence-corrected chi connectivity index (χ4v) is 5.65. The number of rotatable bonds is 8. The highest BCUT2D eigenvalue weighted by Gasteiger charge is 2.34. The van der Waals surface area contributed by atoms with Crippen LogP contribution in [0.3, 0.4) is 0 Å². The molecule has 0 unspecified atom stereocenters. The molecule has 6 nitrogen and oxygen atoms in total. The number of nitrogens with zero attached hydrogens (tertiary/aromatic N) is 1. The van der Waals surface area contributed by atoms with Crippen LogP contribution in [0.1, 0.15) is 24.0 Å². The van der Waals surface area contributed by atoms with Crippen molar-refractivity contribution in [3.63, 3.8) is 0 Å². The van der Waals surface area contributed by atoms with E-state index in [9.17, 15) is 13.5 Å². The van der Waals surface area contributed by atoms with Crippen LogP contribution < -0.4 is 9.47 Å². The molecule has 3 aromatic rings. The maximum atomic E-state index is 13.0. The molecule has 0 saturated heterocycles. The molecule has 1 aliphatic rings. The predicted molar refractivity (Wildman–Crippen MR) is 132 cm³/mol. The number of hydrogen-bond donors (Lipinski definition) is 1. The van der Waals surface area contributed by atoms with Gasteiger partial charge < -0.3 is 14.6 Å². The standard InChI is InChI=1S/C27H29NO5S/c1-32-24-12-8-22(9-13-24)27(29,23-10-14-25(33-2)15-11-23)20-21-16-18-28(19-17-21)34(30,31)26-6-4-3-5-7-26/h3-16,29H,17-20H2,1-2H3. The quantitative estimate of drug-likeness (QED) is 0.486. The lowest BCUT2D eigenvalue weighted by Gasteiger charge is -2.33. The van der Waals surface area contributed by atoms with E-state index in [1.165, 1.54) is 4.31 Å². The van der Waals surface area contributed by atoms with Gasteiger partial charge in [-0.15, -0.1) is 0 Å². The molecule has 3 aromatic carbocycles. The van der Waals surface area contributed by atoms with Crippen LogP contribution in [0.2, 0.25) is 0 Å². The van der Waals surface area contributed by atoms with Gasteiger partial charge in [-0.3, -0.25) is 0 Å². The van der Waals surface area contributed by atoms with Crippen LogP contribution in [0.4, 0.5) is 0 Å². The van der Waals surface area contributed by atoms with E-state index in [0.29, 0.717) is 35.8 Å². The molecule has 0 bridgehead atoms. The van der Waals surface area contributed by atoms with Crippen LogP contribution in [0, 0.1) is 0 Å². The second-order valence-corrected chi connectivity index (χ2v) is 10.2. The second kappa shape index (κ2) is 10.0. The SMILES string of the molecule is COc1ccc(C(O)(CC2=CCN(S(=O)(=O)c3ccccc3)CC2)c2ccc(OC)cc2)cc1. The molecule has 0 aromatic heterocycles. The molecule has 4 rings (SSSR count). The Morgan fingerprint density at radius 3 is 1.82 bits per heavy atom. The summed E-state index contributed by atoms with van der Waals surface area (Å²) < 4.78 is 38.0. The summed E-state index contributed by atoms with van der Waals surface area (Å²) >= 11 is 0. The zero-order chi connectivity index (χ0) is 24.2. The first-order valence-electron chi connectivity index (χ1n) is 11.1. The summed E-state index contributed by atoms with van der Waals surface area (Å²) in [7, 11) is -0.343. The average Bonchev–Trinajstić information content (AvgIpc) is 2.89. The molecule has 0 radical (unpaired) electrons. The van der Waals surface area contributed by atoms with Crippen molar-refractivity contribution >= 4 is 10.0 Å². The number of aliphatic hydroxyl groups is 1. The summed E-state index contributed by atoms with van der Waals surface area (Å²) in [6.45, 7) is 0.637. The van der Waals surface area contributed by atoms with Gasteiger partial charge in [-0.1, -0.05) is 54.1 Å². The highest BCUT2D eigenvalue weighted by molar-refractivity contribution is 7.89. The largest absolute Gasteiger partial charge is 0.497 e. The highest BCUT2D eigenvalue weighted by Crippen LogP contribution is 2.38. The first-order chi connectivity index (χ1) is 16.4. The van der Waals surface area contributed by atoms with E-state index in [1.807, 2.05) is 54.6 Å². The van der Waals surface area contributed by atoms with Gasteiger partial charge >= 0.3 is 0 Å². The van der Waals surface area contributed by atoms with Gasteiger partial charge in [-0.2, -0.15) is 4.31 Å². The Balaban J connectivity index is 1.61. The fourth-order valence-electron chi connectivity index (χ4n) is 4.25. The molecule has 0 fully saturated rings. The van der Waals surface area contributed by atoms with Gasteiger partial charge in [0.1, 0.15) is 17.1 Å². The number of hydrogen-bond acceptors (Lipinski definition) is 5. The topological polar surface area (TPSA) is 76.1 Å². The van der Waals surface area contributed by atoms with E-state index in [2.05, 4.69) is 0 Å².